The van der Waals surface area contributed by atoms with Crippen LogP contribution in [0.25, 0.3) is 5.69 Å². The lowest BCUT2D eigenvalue weighted by Crippen LogP contribution is -2.29. The van der Waals surface area contributed by atoms with E-state index in [0.29, 0.717) is 16.5 Å². The van der Waals surface area contributed by atoms with Crippen LogP contribution in [0.1, 0.15) is 34.7 Å². The average molecular weight is 543 g/mol. The van der Waals surface area contributed by atoms with Gasteiger partial charge in [-0.1, -0.05) is 6.07 Å². The molecule has 0 aliphatic carbocycles. The van der Waals surface area contributed by atoms with Gasteiger partial charge in [0.25, 0.3) is 5.69 Å². The van der Waals surface area contributed by atoms with Crippen LogP contribution >= 0.6 is 12.2 Å². The number of nitro benzene ring substituents is 1. The molecule has 0 amide bonds. The Bertz CT molecular complexity index is 1530. The van der Waals surface area contributed by atoms with Gasteiger partial charge in [0.05, 0.1) is 35.5 Å². The zero-order chi connectivity index (χ0) is 27.8. The molecule has 1 N–H and O–H groups in total. The number of non-ortho nitro benzene ring substituents is 1. The zero-order valence-electron chi connectivity index (χ0n) is 22.5. The van der Waals surface area contributed by atoms with Gasteiger partial charge >= 0.3 is 0 Å². The molecule has 2 atom stereocenters. The number of nitro groups is 1. The minimum absolute atomic E-state index is 0.00229. The number of thiocarbonyl (C=S) groups is 1. The Balaban J connectivity index is 1.69. The number of hydrogen-bond donors (Lipinski definition) is 1. The molecular weight excluding hydrogens is 512 g/mol. The van der Waals surface area contributed by atoms with E-state index >= 15 is 0 Å². The number of anilines is 2. The van der Waals surface area contributed by atoms with Gasteiger partial charge in [-0.05, 0) is 80.2 Å². The van der Waals surface area contributed by atoms with Crippen LogP contribution in [-0.4, -0.2) is 40.8 Å². The molecule has 3 heterocycles. The fourth-order valence-corrected chi connectivity index (χ4v) is 5.63. The number of benzene rings is 2. The first-order valence-corrected chi connectivity index (χ1v) is 12.9. The van der Waals surface area contributed by atoms with Crippen molar-refractivity contribution in [3.63, 3.8) is 0 Å². The third kappa shape index (κ3) is 4.67. The molecule has 9 nitrogen and oxygen atoms in total. The molecule has 10 heteroatoms. The van der Waals surface area contributed by atoms with Gasteiger partial charge < -0.3 is 24.4 Å². The lowest BCUT2D eigenvalue weighted by atomic mass is 9.96. The summed E-state index contributed by atoms with van der Waals surface area (Å²) in [5.41, 5.74) is 6.40. The summed E-state index contributed by atoms with van der Waals surface area (Å²) in [7, 11) is 5.58. The highest BCUT2D eigenvalue weighted by atomic mass is 32.1. The second-order valence-corrected chi connectivity index (χ2v) is 10.1. The summed E-state index contributed by atoms with van der Waals surface area (Å²) in [5, 5.41) is 15.7. The summed E-state index contributed by atoms with van der Waals surface area (Å²) in [6.45, 7) is 4.01. The van der Waals surface area contributed by atoms with Gasteiger partial charge in [-0.25, -0.2) is 0 Å². The lowest BCUT2D eigenvalue weighted by Gasteiger charge is -2.28. The van der Waals surface area contributed by atoms with E-state index in [0.717, 1.165) is 34.0 Å². The predicted molar refractivity (Wildman–Crippen MR) is 157 cm³/mol. The van der Waals surface area contributed by atoms with Crippen molar-refractivity contribution in [2.45, 2.75) is 25.9 Å². The standard InChI is InChI=1S/C29H30N6O3S/c1-18-16-23(19(2)33(18)25-17-22(35(36)37)13-14-26(25)38-5)28-27(24-8-6-7-15-30-24)31-29(39)34(28)21-11-9-20(10-12-21)32(3)4/h6-17,27-28H,1-5H3,(H,31,39)/t27-,28-/m0/s1. The molecule has 200 valence electrons. The van der Waals surface area contributed by atoms with Crippen molar-refractivity contribution >= 4 is 34.4 Å². The first-order chi connectivity index (χ1) is 18.7. The largest absolute Gasteiger partial charge is 0.495 e. The number of pyridine rings is 1. The van der Waals surface area contributed by atoms with E-state index in [1.165, 1.54) is 6.07 Å². The molecule has 0 unspecified atom stereocenters. The normalized spacial score (nSPS) is 16.7. The Kier molecular flexibility index (Phi) is 6.96. The minimum atomic E-state index is -0.395. The van der Waals surface area contributed by atoms with Crippen LogP contribution in [0.2, 0.25) is 0 Å². The molecule has 0 spiro atoms. The van der Waals surface area contributed by atoms with Gasteiger partial charge in [-0.15, -0.1) is 0 Å². The van der Waals surface area contributed by atoms with Crippen LogP contribution < -0.4 is 19.9 Å². The van der Waals surface area contributed by atoms with Crippen molar-refractivity contribution in [1.29, 1.82) is 0 Å². The van der Waals surface area contributed by atoms with Crippen LogP contribution in [0.15, 0.2) is 72.9 Å². The van der Waals surface area contributed by atoms with Gasteiger partial charge in [-0.3, -0.25) is 15.1 Å². The monoisotopic (exact) mass is 542 g/mol. The zero-order valence-corrected chi connectivity index (χ0v) is 23.3. The molecular formula is C29H30N6O3S. The van der Waals surface area contributed by atoms with E-state index in [-0.39, 0.29) is 17.8 Å². The van der Waals surface area contributed by atoms with Crippen LogP contribution in [0.3, 0.4) is 0 Å². The quantitative estimate of drug-likeness (QED) is 0.182. The molecule has 0 saturated carbocycles. The number of aromatic nitrogens is 2. The van der Waals surface area contributed by atoms with Crippen molar-refractivity contribution in [3.05, 3.63) is 106 Å². The summed E-state index contributed by atoms with van der Waals surface area (Å²) in [6, 6.07) is 20.4. The van der Waals surface area contributed by atoms with Crippen LogP contribution in [-0.2, 0) is 0 Å². The lowest BCUT2D eigenvalue weighted by molar-refractivity contribution is -0.384. The van der Waals surface area contributed by atoms with Gasteiger partial charge in [-0.2, -0.15) is 0 Å². The topological polar surface area (TPSA) is 88.7 Å². The van der Waals surface area contributed by atoms with Gasteiger partial charge in [0.1, 0.15) is 5.75 Å². The highest BCUT2D eigenvalue weighted by Crippen LogP contribution is 2.44. The predicted octanol–water partition coefficient (Wildman–Crippen LogP) is 5.65. The molecule has 39 heavy (non-hydrogen) atoms. The van der Waals surface area contributed by atoms with E-state index in [2.05, 4.69) is 50.4 Å². The van der Waals surface area contributed by atoms with Crippen molar-refractivity contribution in [3.8, 4) is 11.4 Å². The highest BCUT2D eigenvalue weighted by Gasteiger charge is 2.42. The average Bonchev–Trinajstić information content (AvgIpc) is 3.43. The van der Waals surface area contributed by atoms with Crippen molar-refractivity contribution in [2.75, 3.05) is 31.0 Å². The summed E-state index contributed by atoms with van der Waals surface area (Å²) in [4.78, 5) is 20.0. The van der Waals surface area contributed by atoms with Crippen LogP contribution in [0.4, 0.5) is 17.1 Å². The number of aryl methyl sites for hydroxylation is 1. The van der Waals surface area contributed by atoms with Crippen LogP contribution in [0, 0.1) is 24.0 Å². The SMILES string of the molecule is COc1ccc([N+](=O)[O-])cc1-n1c(C)cc([C@H]2[C@H](c3ccccn3)NC(=S)N2c2ccc(N(C)C)cc2)c1C. The smallest absolute Gasteiger partial charge is 0.271 e. The Morgan fingerprint density at radius 2 is 1.82 bits per heavy atom. The van der Waals surface area contributed by atoms with E-state index in [4.69, 9.17) is 17.0 Å². The molecule has 5 rings (SSSR count). The number of nitrogens with zero attached hydrogens (tertiary/aromatic N) is 5. The number of rotatable bonds is 7. The molecule has 2 aromatic heterocycles. The van der Waals surface area contributed by atoms with E-state index in [1.54, 1.807) is 25.4 Å². The van der Waals surface area contributed by atoms with E-state index in [9.17, 15) is 10.1 Å². The molecule has 1 fully saturated rings. The van der Waals surface area contributed by atoms with E-state index < -0.39 is 4.92 Å². The van der Waals surface area contributed by atoms with Crippen molar-refractivity contribution in [2.24, 2.45) is 0 Å². The van der Waals surface area contributed by atoms with Gasteiger partial charge in [0.2, 0.25) is 0 Å². The Morgan fingerprint density at radius 1 is 1.08 bits per heavy atom. The van der Waals surface area contributed by atoms with Crippen molar-refractivity contribution < 1.29 is 9.66 Å². The summed E-state index contributed by atoms with van der Waals surface area (Å²) < 4.78 is 7.61. The van der Waals surface area contributed by atoms with Gasteiger partial charge in [0.15, 0.2) is 5.11 Å². The number of hydrogen-bond acceptors (Lipinski definition) is 6. The molecule has 0 bridgehead atoms. The second kappa shape index (κ2) is 10.4. The Labute approximate surface area is 232 Å². The molecule has 2 aromatic carbocycles. The Morgan fingerprint density at radius 3 is 2.44 bits per heavy atom. The number of nitrogens with one attached hydrogen (secondary N) is 1. The summed E-state index contributed by atoms with van der Waals surface area (Å²) >= 11 is 5.90. The third-order valence-electron chi connectivity index (χ3n) is 7.15. The summed E-state index contributed by atoms with van der Waals surface area (Å²) in [6.07, 6.45) is 1.78. The Hall–Kier alpha value is -4.44. The fraction of sp³-hybridized carbons (Fsp3) is 0.241. The number of ether oxygens (including phenoxy) is 1. The van der Waals surface area contributed by atoms with E-state index in [1.807, 2.05) is 50.7 Å². The first-order valence-electron chi connectivity index (χ1n) is 12.5. The molecule has 1 saturated heterocycles. The minimum Gasteiger partial charge on any atom is -0.495 e. The maximum absolute atomic E-state index is 11.6. The maximum atomic E-state index is 11.6. The fourth-order valence-electron chi connectivity index (χ4n) is 5.28. The third-order valence-corrected chi connectivity index (χ3v) is 7.46. The van der Waals surface area contributed by atoms with Crippen LogP contribution in [0.5, 0.6) is 5.75 Å². The van der Waals surface area contributed by atoms with Crippen molar-refractivity contribution in [1.82, 2.24) is 14.9 Å². The molecule has 0 radical (unpaired) electrons. The highest BCUT2D eigenvalue weighted by molar-refractivity contribution is 7.80. The molecule has 1 aliphatic rings. The first kappa shape index (κ1) is 26.2. The number of methoxy groups -OCH3 is 1. The summed E-state index contributed by atoms with van der Waals surface area (Å²) in [5.74, 6) is 0.548. The second-order valence-electron chi connectivity index (χ2n) is 9.68. The maximum Gasteiger partial charge on any atom is 0.271 e. The van der Waals surface area contributed by atoms with Gasteiger partial charge in [0, 0.05) is 55.2 Å². The molecule has 4 aromatic rings. The molecule has 1 aliphatic heterocycles.